The summed E-state index contributed by atoms with van der Waals surface area (Å²) in [6.07, 6.45) is 0. The van der Waals surface area contributed by atoms with Gasteiger partial charge in [0, 0.05) is 0 Å². The maximum atomic E-state index is 11.3. The van der Waals surface area contributed by atoms with Crippen LogP contribution in [0, 0.1) is 5.41 Å². The first-order chi connectivity index (χ1) is 5.54. The first-order valence-electron chi connectivity index (χ1n) is 3.46. The Hall–Kier alpha value is -0.580. The first-order valence-corrected chi connectivity index (χ1v) is 4.93. The molecule has 0 spiro atoms. The SMILES string of the molecule is CCOP(=O)(OCC)OC(=N)N. The fraction of sp³-hybridized carbons (Fsp3) is 0.800. The molecule has 6 nitrogen and oxygen atoms in total. The van der Waals surface area contributed by atoms with Gasteiger partial charge < -0.3 is 10.3 Å². The maximum absolute atomic E-state index is 11.3. The van der Waals surface area contributed by atoms with Crippen molar-refractivity contribution >= 4 is 13.8 Å². The van der Waals surface area contributed by atoms with Gasteiger partial charge in [-0.25, -0.2) is 4.57 Å². The van der Waals surface area contributed by atoms with Crippen molar-refractivity contribution in [3.8, 4) is 0 Å². The molecule has 0 radical (unpaired) electrons. The summed E-state index contributed by atoms with van der Waals surface area (Å²) in [7, 11) is -3.63. The van der Waals surface area contributed by atoms with E-state index in [-0.39, 0.29) is 13.2 Å². The normalized spacial score (nSPS) is 11.2. The van der Waals surface area contributed by atoms with E-state index in [9.17, 15) is 4.57 Å². The lowest BCUT2D eigenvalue weighted by Crippen LogP contribution is -2.14. The lowest BCUT2D eigenvalue weighted by Gasteiger charge is -2.14. The van der Waals surface area contributed by atoms with Gasteiger partial charge in [0.1, 0.15) is 0 Å². The zero-order valence-electron chi connectivity index (χ0n) is 7.07. The minimum absolute atomic E-state index is 0.171. The van der Waals surface area contributed by atoms with Crippen molar-refractivity contribution in [2.75, 3.05) is 13.2 Å². The summed E-state index contributed by atoms with van der Waals surface area (Å²) < 4.78 is 25.1. The third kappa shape index (κ3) is 4.33. The van der Waals surface area contributed by atoms with Gasteiger partial charge in [-0.15, -0.1) is 0 Å². The molecule has 0 aromatic carbocycles. The molecule has 0 fully saturated rings. The van der Waals surface area contributed by atoms with Gasteiger partial charge in [0.2, 0.25) is 0 Å². The molecule has 0 atom stereocenters. The van der Waals surface area contributed by atoms with Gasteiger partial charge in [-0.3, -0.25) is 14.5 Å². The highest BCUT2D eigenvalue weighted by atomic mass is 31.2. The second kappa shape index (κ2) is 5.13. The smallest absolute Gasteiger partial charge is 0.371 e. The van der Waals surface area contributed by atoms with Crippen LogP contribution in [0.1, 0.15) is 13.8 Å². The van der Waals surface area contributed by atoms with Crippen LogP contribution < -0.4 is 5.73 Å². The summed E-state index contributed by atoms with van der Waals surface area (Å²) in [5, 5.41) is 6.73. The molecule has 3 N–H and O–H groups in total. The Morgan fingerprint density at radius 1 is 1.42 bits per heavy atom. The van der Waals surface area contributed by atoms with Gasteiger partial charge in [-0.2, -0.15) is 0 Å². The van der Waals surface area contributed by atoms with Gasteiger partial charge in [0.25, 0.3) is 6.02 Å². The van der Waals surface area contributed by atoms with Gasteiger partial charge >= 0.3 is 7.82 Å². The average Bonchev–Trinajstić information content (AvgIpc) is 1.85. The van der Waals surface area contributed by atoms with Gasteiger partial charge in [0.15, 0.2) is 0 Å². The molecule has 7 heteroatoms. The lowest BCUT2D eigenvalue weighted by atomic mass is 10.9. The zero-order chi connectivity index (χ0) is 9.61. The topological polar surface area (TPSA) is 94.6 Å². The predicted octanol–water partition coefficient (Wildman–Crippen LogP) is 1.08. The number of phosphoric acid groups is 1. The highest BCUT2D eigenvalue weighted by Gasteiger charge is 2.27. The highest BCUT2D eigenvalue weighted by Crippen LogP contribution is 2.48. The number of phosphoric ester groups is 1. The molecular formula is C5H13N2O4P. The Morgan fingerprint density at radius 2 is 1.83 bits per heavy atom. The van der Waals surface area contributed by atoms with E-state index in [4.69, 9.17) is 11.1 Å². The van der Waals surface area contributed by atoms with E-state index < -0.39 is 13.8 Å². The number of hydrogen-bond donors (Lipinski definition) is 2. The van der Waals surface area contributed by atoms with Crippen molar-refractivity contribution in [1.82, 2.24) is 0 Å². The molecule has 0 aromatic rings. The highest BCUT2D eigenvalue weighted by molar-refractivity contribution is 7.49. The van der Waals surface area contributed by atoms with Gasteiger partial charge in [-0.05, 0) is 13.8 Å². The second-order valence-corrected chi connectivity index (χ2v) is 3.33. The standard InChI is InChI=1S/C5H13N2O4P/c1-3-9-12(8,10-4-2)11-5(6)7/h3-4H2,1-2H3,(H3,6,7). The largest absolute Gasteiger partial charge is 0.532 e. The van der Waals surface area contributed by atoms with Crippen LogP contribution in [0.4, 0.5) is 0 Å². The minimum Gasteiger partial charge on any atom is -0.371 e. The van der Waals surface area contributed by atoms with E-state index in [1.54, 1.807) is 13.8 Å². The number of nitrogens with two attached hydrogens (primary N) is 1. The number of hydrogen-bond acceptors (Lipinski definition) is 5. The quantitative estimate of drug-likeness (QED) is 0.389. The molecule has 0 saturated carbocycles. The van der Waals surface area contributed by atoms with Crippen molar-refractivity contribution in [3.05, 3.63) is 0 Å². The van der Waals surface area contributed by atoms with E-state index >= 15 is 0 Å². The molecule has 0 aliphatic heterocycles. The molecule has 0 amide bonds. The second-order valence-electron chi connectivity index (χ2n) is 1.74. The van der Waals surface area contributed by atoms with Crippen molar-refractivity contribution in [3.63, 3.8) is 0 Å². The molecule has 72 valence electrons. The summed E-state index contributed by atoms with van der Waals surface area (Å²) >= 11 is 0. The Labute approximate surface area is 71.1 Å². The van der Waals surface area contributed by atoms with Crippen LogP contribution in [0.2, 0.25) is 0 Å². The molecule has 0 unspecified atom stereocenters. The predicted molar refractivity (Wildman–Crippen MR) is 43.9 cm³/mol. The van der Waals surface area contributed by atoms with Crippen molar-refractivity contribution in [1.29, 1.82) is 5.41 Å². The van der Waals surface area contributed by atoms with Crippen molar-refractivity contribution < 1.29 is 18.1 Å². The van der Waals surface area contributed by atoms with E-state index in [1.165, 1.54) is 0 Å². The van der Waals surface area contributed by atoms with E-state index in [0.717, 1.165) is 0 Å². The Kier molecular flexibility index (Phi) is 4.89. The minimum atomic E-state index is -3.63. The van der Waals surface area contributed by atoms with Crippen molar-refractivity contribution in [2.24, 2.45) is 5.73 Å². The average molecular weight is 196 g/mol. The Bertz CT molecular complexity index is 186. The fourth-order valence-electron chi connectivity index (χ4n) is 0.527. The maximum Gasteiger partial charge on any atom is 0.532 e. The molecule has 0 heterocycles. The van der Waals surface area contributed by atoms with Crippen LogP contribution in [0.5, 0.6) is 0 Å². The van der Waals surface area contributed by atoms with Gasteiger partial charge in [-0.1, -0.05) is 0 Å². The number of amidine groups is 1. The monoisotopic (exact) mass is 196 g/mol. The lowest BCUT2D eigenvalue weighted by molar-refractivity contribution is 0.163. The molecule has 0 rings (SSSR count). The molecule has 0 aromatic heterocycles. The fourth-order valence-corrected chi connectivity index (χ4v) is 1.58. The summed E-state index contributed by atoms with van der Waals surface area (Å²) in [6, 6.07) is -0.680. The van der Waals surface area contributed by atoms with Crippen LogP contribution in [0.3, 0.4) is 0 Å². The number of nitrogens with one attached hydrogen (secondary N) is 1. The first kappa shape index (κ1) is 11.4. The molecule has 0 aliphatic carbocycles. The third-order valence-electron chi connectivity index (χ3n) is 0.785. The third-order valence-corrected chi connectivity index (χ3v) is 2.35. The van der Waals surface area contributed by atoms with Crippen LogP contribution in [0.15, 0.2) is 0 Å². The molecule has 0 aliphatic rings. The molecule has 12 heavy (non-hydrogen) atoms. The van der Waals surface area contributed by atoms with Crippen LogP contribution in [0.25, 0.3) is 0 Å². The Morgan fingerprint density at radius 3 is 2.08 bits per heavy atom. The van der Waals surface area contributed by atoms with Crippen LogP contribution in [-0.2, 0) is 18.1 Å². The zero-order valence-corrected chi connectivity index (χ0v) is 7.97. The molecule has 0 bridgehead atoms. The van der Waals surface area contributed by atoms with Gasteiger partial charge in [0.05, 0.1) is 13.2 Å². The Balaban J connectivity index is 4.18. The summed E-state index contributed by atoms with van der Waals surface area (Å²) in [5.41, 5.74) is 4.87. The summed E-state index contributed by atoms with van der Waals surface area (Å²) in [4.78, 5) is 0. The summed E-state index contributed by atoms with van der Waals surface area (Å²) in [5.74, 6) is 0. The van der Waals surface area contributed by atoms with Crippen molar-refractivity contribution in [2.45, 2.75) is 13.8 Å². The van der Waals surface area contributed by atoms with Crippen LogP contribution in [-0.4, -0.2) is 19.2 Å². The summed E-state index contributed by atoms with van der Waals surface area (Å²) in [6.45, 7) is 3.61. The van der Waals surface area contributed by atoms with E-state index in [1.807, 2.05) is 0 Å². The molecule has 0 saturated heterocycles. The number of rotatable bonds is 5. The van der Waals surface area contributed by atoms with Crippen LogP contribution >= 0.6 is 7.82 Å². The molecular weight excluding hydrogens is 183 g/mol. The van der Waals surface area contributed by atoms with E-state index in [0.29, 0.717) is 0 Å². The van der Waals surface area contributed by atoms with E-state index in [2.05, 4.69) is 13.6 Å².